The van der Waals surface area contributed by atoms with Crippen molar-refractivity contribution in [3.8, 4) is 12.3 Å². The summed E-state index contributed by atoms with van der Waals surface area (Å²) in [6, 6.07) is 0. The molecule has 0 aliphatic rings. The minimum atomic E-state index is 0.583. The van der Waals surface area contributed by atoms with E-state index in [2.05, 4.69) is 80.7 Å². The number of hydrogen-bond donors (Lipinski definition) is 0. The summed E-state index contributed by atoms with van der Waals surface area (Å²) in [6.07, 6.45) is 14.6. The lowest BCUT2D eigenvalue weighted by atomic mass is 9.88. The van der Waals surface area contributed by atoms with Crippen LogP contribution in [-0.2, 0) is 0 Å². The van der Waals surface area contributed by atoms with Crippen molar-refractivity contribution in [2.75, 3.05) is 0 Å². The van der Waals surface area contributed by atoms with E-state index in [1.807, 2.05) is 0 Å². The summed E-state index contributed by atoms with van der Waals surface area (Å²) < 4.78 is 0. The zero-order chi connectivity index (χ0) is 17.7. The average molecular weight is 297 g/mol. The molecule has 0 rings (SSSR count). The van der Waals surface area contributed by atoms with Gasteiger partial charge in [-0.3, -0.25) is 0 Å². The van der Waals surface area contributed by atoms with Crippen molar-refractivity contribution in [2.24, 2.45) is 5.41 Å². The molecule has 0 spiro atoms. The van der Waals surface area contributed by atoms with Gasteiger partial charge < -0.3 is 0 Å². The molecule has 0 saturated carbocycles. The molecule has 0 heteroatoms. The van der Waals surface area contributed by atoms with Crippen LogP contribution in [0.25, 0.3) is 0 Å². The van der Waals surface area contributed by atoms with Crippen molar-refractivity contribution in [1.82, 2.24) is 0 Å². The summed E-state index contributed by atoms with van der Waals surface area (Å²) in [5.41, 5.74) is 2.10. The maximum absolute atomic E-state index is 4.60. The topological polar surface area (TPSA) is 0 Å². The van der Waals surface area contributed by atoms with E-state index in [4.69, 9.17) is 0 Å². The van der Waals surface area contributed by atoms with Crippen LogP contribution in [0.5, 0.6) is 0 Å². The zero-order valence-corrected chi connectivity index (χ0v) is 16.9. The lowest BCUT2D eigenvalue weighted by Gasteiger charge is -2.18. The quantitative estimate of drug-likeness (QED) is 0.356. The summed E-state index contributed by atoms with van der Waals surface area (Å²) >= 11 is 0. The van der Waals surface area contributed by atoms with Crippen LogP contribution >= 0.6 is 0 Å². The van der Waals surface area contributed by atoms with Crippen LogP contribution in [0.2, 0.25) is 0 Å². The van der Waals surface area contributed by atoms with Crippen molar-refractivity contribution >= 4 is 0 Å². The molecule has 0 aliphatic carbocycles. The average Bonchev–Trinajstić information content (AvgIpc) is 2.47. The van der Waals surface area contributed by atoms with E-state index in [1.54, 1.807) is 6.92 Å². The van der Waals surface area contributed by atoms with Crippen LogP contribution in [0.4, 0.5) is 0 Å². The molecule has 0 fully saturated rings. The molecule has 0 bridgehead atoms. The Hall–Kier alpha value is -0.700. The van der Waals surface area contributed by atoms with E-state index in [0.29, 0.717) is 5.41 Å². The molecular weight excluding hydrogens is 252 g/mol. The van der Waals surface area contributed by atoms with Crippen molar-refractivity contribution in [1.29, 1.82) is 0 Å². The van der Waals surface area contributed by atoms with Gasteiger partial charge in [0, 0.05) is 0 Å². The number of hydrogen-bond acceptors (Lipinski definition) is 0. The molecule has 0 aromatic rings. The molecular formula is C21H44. The molecule has 21 heavy (non-hydrogen) atoms. The Balaban J connectivity index is -0.000000101. The van der Waals surface area contributed by atoms with E-state index in [1.165, 1.54) is 44.1 Å². The SMILES string of the molecule is C#CC.C/C=C(/C)CCCC.CCC.CCC(C)(C)CC. The molecule has 0 aliphatic heterocycles. The number of allylic oxidation sites excluding steroid dienone is 2. The highest BCUT2D eigenvalue weighted by molar-refractivity contribution is 4.94. The first kappa shape index (κ1) is 28.5. The Morgan fingerprint density at radius 2 is 1.38 bits per heavy atom. The van der Waals surface area contributed by atoms with Gasteiger partial charge in [-0.05, 0) is 39.0 Å². The van der Waals surface area contributed by atoms with Gasteiger partial charge >= 0.3 is 0 Å². The van der Waals surface area contributed by atoms with Gasteiger partial charge in [-0.15, -0.1) is 12.3 Å². The van der Waals surface area contributed by atoms with Crippen LogP contribution < -0.4 is 0 Å². The molecule has 0 aromatic heterocycles. The third-order valence-electron chi connectivity index (χ3n) is 3.33. The smallest absolute Gasteiger partial charge is 0.00297 e. The fraction of sp³-hybridized carbons (Fsp3) is 0.810. The molecule has 0 atom stereocenters. The fourth-order valence-electron chi connectivity index (χ4n) is 0.850. The lowest BCUT2D eigenvalue weighted by molar-refractivity contribution is 0.338. The Bertz CT molecular complexity index is 219. The second-order valence-electron chi connectivity index (χ2n) is 6.11. The first-order valence-corrected chi connectivity index (χ1v) is 8.75. The second kappa shape index (κ2) is 24.3. The molecule has 0 heterocycles. The summed E-state index contributed by atoms with van der Waals surface area (Å²) in [4.78, 5) is 0. The number of terminal acetylenes is 1. The Kier molecular flexibility index (Phi) is 33.0. The first-order chi connectivity index (χ1) is 9.76. The van der Waals surface area contributed by atoms with Crippen LogP contribution in [0.1, 0.15) is 108 Å². The highest BCUT2D eigenvalue weighted by atomic mass is 14.1. The summed E-state index contributed by atoms with van der Waals surface area (Å²) in [5.74, 6) is 2.25. The van der Waals surface area contributed by atoms with Gasteiger partial charge in [-0.1, -0.05) is 85.8 Å². The summed E-state index contributed by atoms with van der Waals surface area (Å²) in [5, 5.41) is 0. The summed E-state index contributed by atoms with van der Waals surface area (Å²) in [6.45, 7) is 21.5. The monoisotopic (exact) mass is 296 g/mol. The molecule has 0 radical (unpaired) electrons. The zero-order valence-electron chi connectivity index (χ0n) is 16.9. The molecule has 0 amide bonds. The van der Waals surface area contributed by atoms with Crippen LogP contribution in [0.15, 0.2) is 11.6 Å². The minimum absolute atomic E-state index is 0.583. The van der Waals surface area contributed by atoms with E-state index in [9.17, 15) is 0 Å². The van der Waals surface area contributed by atoms with Gasteiger partial charge in [0.25, 0.3) is 0 Å². The van der Waals surface area contributed by atoms with Gasteiger partial charge in [0.15, 0.2) is 0 Å². The largest absolute Gasteiger partial charge is 0.120 e. The Morgan fingerprint density at radius 1 is 1.05 bits per heavy atom. The van der Waals surface area contributed by atoms with Gasteiger partial charge in [-0.2, -0.15) is 0 Å². The Morgan fingerprint density at radius 3 is 1.52 bits per heavy atom. The number of unbranched alkanes of at least 4 members (excludes halogenated alkanes) is 1. The predicted octanol–water partition coefficient (Wildman–Crippen LogP) is 8.03. The molecule has 0 nitrogen and oxygen atoms in total. The molecule has 128 valence electrons. The number of rotatable bonds is 5. The first-order valence-electron chi connectivity index (χ1n) is 8.75. The normalized spacial score (nSPS) is 9.86. The van der Waals surface area contributed by atoms with Gasteiger partial charge in [0.05, 0.1) is 0 Å². The molecule has 0 N–H and O–H groups in total. The third kappa shape index (κ3) is 45.2. The van der Waals surface area contributed by atoms with Crippen molar-refractivity contribution in [2.45, 2.75) is 108 Å². The van der Waals surface area contributed by atoms with E-state index in [-0.39, 0.29) is 0 Å². The fourth-order valence-corrected chi connectivity index (χ4v) is 0.850. The highest BCUT2D eigenvalue weighted by Gasteiger charge is 2.09. The van der Waals surface area contributed by atoms with Crippen molar-refractivity contribution < 1.29 is 0 Å². The Labute approximate surface area is 137 Å². The van der Waals surface area contributed by atoms with Crippen LogP contribution in [-0.4, -0.2) is 0 Å². The standard InChI is InChI=1S/C8H16.C7H16.C3H8.C3H4/c1-4-6-7-8(3)5-2;1-5-7(3,4)6-2;2*1-3-2/h5H,4,6-7H2,1-3H3;5-6H2,1-4H3;3H2,1-2H3;1H,2H3/b8-5-;;;. The lowest BCUT2D eigenvalue weighted by Crippen LogP contribution is -2.05. The maximum atomic E-state index is 4.60. The summed E-state index contributed by atoms with van der Waals surface area (Å²) in [7, 11) is 0. The van der Waals surface area contributed by atoms with E-state index in [0.717, 1.165) is 0 Å². The van der Waals surface area contributed by atoms with Crippen LogP contribution in [0, 0.1) is 17.8 Å². The van der Waals surface area contributed by atoms with Gasteiger partial charge in [-0.25, -0.2) is 0 Å². The third-order valence-corrected chi connectivity index (χ3v) is 3.33. The molecule has 0 aromatic carbocycles. The van der Waals surface area contributed by atoms with Crippen LogP contribution in [0.3, 0.4) is 0 Å². The van der Waals surface area contributed by atoms with Gasteiger partial charge in [0.2, 0.25) is 0 Å². The molecule has 0 unspecified atom stereocenters. The second-order valence-corrected chi connectivity index (χ2v) is 6.11. The van der Waals surface area contributed by atoms with E-state index < -0.39 is 0 Å². The highest BCUT2D eigenvalue weighted by Crippen LogP contribution is 2.22. The van der Waals surface area contributed by atoms with Gasteiger partial charge in [0.1, 0.15) is 0 Å². The predicted molar refractivity (Wildman–Crippen MR) is 104 cm³/mol. The minimum Gasteiger partial charge on any atom is -0.120 e. The van der Waals surface area contributed by atoms with E-state index >= 15 is 0 Å². The maximum Gasteiger partial charge on any atom is -0.00297 e. The van der Waals surface area contributed by atoms with Crippen molar-refractivity contribution in [3.63, 3.8) is 0 Å². The molecule has 0 saturated heterocycles. The van der Waals surface area contributed by atoms with Crippen molar-refractivity contribution in [3.05, 3.63) is 11.6 Å².